The Balaban J connectivity index is 2.21. The number of aryl methyl sites for hydroxylation is 2. The fourth-order valence-corrected chi connectivity index (χ4v) is 2.13. The van der Waals surface area contributed by atoms with Crippen molar-refractivity contribution in [3.05, 3.63) is 58.9 Å². The minimum atomic E-state index is -0.367. The zero-order chi connectivity index (χ0) is 15.4. The van der Waals surface area contributed by atoms with Crippen molar-refractivity contribution in [2.45, 2.75) is 27.4 Å². The topological polar surface area (TPSA) is 18.5 Å². The normalized spacial score (nSPS) is 10.3. The van der Waals surface area contributed by atoms with E-state index in [0.29, 0.717) is 16.4 Å². The molecule has 2 rings (SSSR count). The van der Waals surface area contributed by atoms with Crippen molar-refractivity contribution >= 4 is 17.3 Å². The lowest BCUT2D eigenvalue weighted by atomic mass is 10.1. The maximum atomic E-state index is 14.0. The largest absolute Gasteiger partial charge is 0.488 e. The van der Waals surface area contributed by atoms with E-state index in [1.165, 1.54) is 6.07 Å². The van der Waals surface area contributed by atoms with Gasteiger partial charge in [-0.3, -0.25) is 0 Å². The summed E-state index contributed by atoms with van der Waals surface area (Å²) in [5.74, 6) is 0.759. The molecule has 0 unspecified atom stereocenters. The summed E-state index contributed by atoms with van der Waals surface area (Å²) in [4.78, 5) is 0. The van der Waals surface area contributed by atoms with Gasteiger partial charge in [0.2, 0.25) is 0 Å². The van der Waals surface area contributed by atoms with Crippen molar-refractivity contribution in [3.63, 3.8) is 0 Å². The van der Waals surface area contributed by atoms with Gasteiger partial charge < -0.3 is 9.47 Å². The first-order valence-corrected chi connectivity index (χ1v) is 7.04. The van der Waals surface area contributed by atoms with E-state index in [0.717, 1.165) is 16.9 Å². The molecular formula is C17H17FO2S. The molecular weight excluding hydrogens is 287 g/mol. The number of hydrogen-bond donors (Lipinski definition) is 0. The van der Waals surface area contributed by atoms with E-state index in [1.54, 1.807) is 19.1 Å². The maximum absolute atomic E-state index is 14.0. The number of halogens is 1. The summed E-state index contributed by atoms with van der Waals surface area (Å²) in [6.07, 6.45) is 0. The molecule has 0 amide bonds. The van der Waals surface area contributed by atoms with Gasteiger partial charge in [-0.05, 0) is 49.8 Å². The van der Waals surface area contributed by atoms with Crippen LogP contribution in [-0.2, 0) is 6.61 Å². The molecule has 0 radical (unpaired) electrons. The lowest BCUT2D eigenvalue weighted by molar-refractivity contribution is 0.293. The quantitative estimate of drug-likeness (QED) is 0.760. The van der Waals surface area contributed by atoms with Crippen molar-refractivity contribution < 1.29 is 13.9 Å². The van der Waals surface area contributed by atoms with Crippen LogP contribution in [0.1, 0.15) is 23.6 Å². The van der Waals surface area contributed by atoms with Gasteiger partial charge in [-0.1, -0.05) is 23.8 Å². The number of thiocarbonyl (C=S) groups is 1. The standard InChI is InChI=1S/C17H17FO2S/c1-11-7-8-16(12(2)9-11)19-10-14-15(18)5-4-6-17(14)20-13(3)21/h4-9H,10H2,1-3H3. The molecule has 0 aliphatic rings. The van der Waals surface area contributed by atoms with Crippen LogP contribution in [0.15, 0.2) is 36.4 Å². The molecule has 0 saturated carbocycles. The number of rotatable bonds is 4. The van der Waals surface area contributed by atoms with E-state index in [2.05, 4.69) is 0 Å². The fraction of sp³-hybridized carbons (Fsp3) is 0.235. The zero-order valence-corrected chi connectivity index (χ0v) is 13.1. The van der Waals surface area contributed by atoms with Gasteiger partial charge in [-0.2, -0.15) is 0 Å². The van der Waals surface area contributed by atoms with E-state index in [1.807, 2.05) is 32.0 Å². The molecule has 0 aliphatic heterocycles. The van der Waals surface area contributed by atoms with E-state index in [-0.39, 0.29) is 12.4 Å². The van der Waals surface area contributed by atoms with E-state index < -0.39 is 0 Å². The first-order valence-electron chi connectivity index (χ1n) is 6.63. The Bertz CT molecular complexity index is 668. The van der Waals surface area contributed by atoms with Crippen molar-refractivity contribution in [3.8, 4) is 11.5 Å². The van der Waals surface area contributed by atoms with Crippen LogP contribution in [-0.4, -0.2) is 5.05 Å². The first-order chi connectivity index (χ1) is 9.97. The molecule has 0 aliphatic carbocycles. The molecule has 0 fully saturated rings. The summed E-state index contributed by atoms with van der Waals surface area (Å²) < 4.78 is 25.1. The third-order valence-corrected chi connectivity index (χ3v) is 3.12. The van der Waals surface area contributed by atoms with Gasteiger partial charge in [-0.25, -0.2) is 4.39 Å². The highest BCUT2D eigenvalue weighted by molar-refractivity contribution is 7.80. The highest BCUT2D eigenvalue weighted by Gasteiger charge is 2.12. The van der Waals surface area contributed by atoms with Crippen molar-refractivity contribution in [1.29, 1.82) is 0 Å². The minimum Gasteiger partial charge on any atom is -0.488 e. The predicted octanol–water partition coefficient (Wildman–Crippen LogP) is 4.75. The van der Waals surface area contributed by atoms with Crippen LogP contribution in [0.4, 0.5) is 4.39 Å². The second-order valence-electron chi connectivity index (χ2n) is 4.87. The van der Waals surface area contributed by atoms with Gasteiger partial charge >= 0.3 is 0 Å². The lowest BCUT2D eigenvalue weighted by Gasteiger charge is -2.13. The van der Waals surface area contributed by atoms with Crippen molar-refractivity contribution in [1.82, 2.24) is 0 Å². The smallest absolute Gasteiger partial charge is 0.164 e. The number of hydrogen-bond acceptors (Lipinski definition) is 3. The Hall–Kier alpha value is -1.94. The molecule has 21 heavy (non-hydrogen) atoms. The monoisotopic (exact) mass is 304 g/mol. The fourth-order valence-electron chi connectivity index (χ4n) is 2.04. The van der Waals surface area contributed by atoms with E-state index in [4.69, 9.17) is 21.7 Å². The van der Waals surface area contributed by atoms with Crippen molar-refractivity contribution in [2.75, 3.05) is 0 Å². The van der Waals surface area contributed by atoms with Gasteiger partial charge in [0.1, 0.15) is 23.9 Å². The Kier molecular flexibility index (Phi) is 4.91. The first kappa shape index (κ1) is 15.4. The van der Waals surface area contributed by atoms with Gasteiger partial charge in [-0.15, -0.1) is 0 Å². The average Bonchev–Trinajstić information content (AvgIpc) is 2.39. The molecule has 0 aromatic heterocycles. The molecule has 2 nitrogen and oxygen atoms in total. The van der Waals surface area contributed by atoms with Crippen LogP contribution < -0.4 is 9.47 Å². The third kappa shape index (κ3) is 4.02. The van der Waals surface area contributed by atoms with E-state index >= 15 is 0 Å². The third-order valence-electron chi connectivity index (χ3n) is 3.03. The van der Waals surface area contributed by atoms with Crippen LogP contribution in [0.3, 0.4) is 0 Å². The van der Waals surface area contributed by atoms with Crippen LogP contribution in [0.5, 0.6) is 11.5 Å². The molecule has 0 bridgehead atoms. The summed E-state index contributed by atoms with van der Waals surface area (Å²) in [5, 5.41) is 0.341. The van der Waals surface area contributed by atoms with Crippen LogP contribution in [0.2, 0.25) is 0 Å². The molecule has 2 aromatic rings. The van der Waals surface area contributed by atoms with Gasteiger partial charge in [0.25, 0.3) is 0 Å². The Morgan fingerprint density at radius 2 is 1.90 bits per heavy atom. The molecule has 2 aromatic carbocycles. The molecule has 0 N–H and O–H groups in total. The molecule has 0 spiro atoms. The van der Waals surface area contributed by atoms with Gasteiger partial charge in [0.15, 0.2) is 5.05 Å². The highest BCUT2D eigenvalue weighted by atomic mass is 32.1. The van der Waals surface area contributed by atoms with Crippen molar-refractivity contribution in [2.24, 2.45) is 0 Å². The second-order valence-corrected chi connectivity index (χ2v) is 5.44. The molecule has 0 heterocycles. The maximum Gasteiger partial charge on any atom is 0.164 e. The Morgan fingerprint density at radius 1 is 1.14 bits per heavy atom. The molecule has 0 saturated heterocycles. The lowest BCUT2D eigenvalue weighted by Crippen LogP contribution is -2.06. The Morgan fingerprint density at radius 3 is 2.57 bits per heavy atom. The minimum absolute atomic E-state index is 0.0918. The molecule has 0 atom stereocenters. The summed E-state index contributed by atoms with van der Waals surface area (Å²) in [6.45, 7) is 5.72. The summed E-state index contributed by atoms with van der Waals surface area (Å²) in [7, 11) is 0. The average molecular weight is 304 g/mol. The van der Waals surface area contributed by atoms with Crippen LogP contribution >= 0.6 is 12.2 Å². The van der Waals surface area contributed by atoms with E-state index in [9.17, 15) is 4.39 Å². The number of ether oxygens (including phenoxy) is 2. The van der Waals surface area contributed by atoms with Crippen LogP contribution in [0.25, 0.3) is 0 Å². The highest BCUT2D eigenvalue weighted by Crippen LogP contribution is 2.25. The summed E-state index contributed by atoms with van der Waals surface area (Å²) in [6, 6.07) is 10.5. The van der Waals surface area contributed by atoms with Gasteiger partial charge in [0, 0.05) is 6.92 Å². The Labute approximate surface area is 129 Å². The molecule has 110 valence electrons. The van der Waals surface area contributed by atoms with Gasteiger partial charge in [0.05, 0.1) is 5.56 Å². The SMILES string of the molecule is CC(=S)Oc1cccc(F)c1COc1ccc(C)cc1C. The molecule has 4 heteroatoms. The number of benzene rings is 2. The predicted molar refractivity (Wildman–Crippen MR) is 85.5 cm³/mol. The van der Waals surface area contributed by atoms with Crippen LogP contribution in [0, 0.1) is 19.7 Å². The second kappa shape index (κ2) is 6.68. The summed E-state index contributed by atoms with van der Waals surface area (Å²) in [5.41, 5.74) is 2.53. The zero-order valence-electron chi connectivity index (χ0n) is 12.3. The summed E-state index contributed by atoms with van der Waals surface area (Å²) >= 11 is 4.91.